The van der Waals surface area contributed by atoms with Crippen LogP contribution in [0.4, 0.5) is 0 Å². The summed E-state index contributed by atoms with van der Waals surface area (Å²) in [4.78, 5) is 17.5. The Labute approximate surface area is 199 Å². The number of benzene rings is 2. The third-order valence-corrected chi connectivity index (χ3v) is 5.88. The minimum absolute atomic E-state index is 0.0514. The number of carbonyl (C=O) groups is 1. The Morgan fingerprint density at radius 2 is 1.76 bits per heavy atom. The number of aromatic nitrogens is 3. The van der Waals surface area contributed by atoms with Gasteiger partial charge in [0, 0.05) is 18.9 Å². The summed E-state index contributed by atoms with van der Waals surface area (Å²) in [7, 11) is 4.59. The van der Waals surface area contributed by atoms with E-state index in [1.165, 1.54) is 13.4 Å². The van der Waals surface area contributed by atoms with Crippen LogP contribution in [0, 0.1) is 6.92 Å². The molecule has 0 aliphatic rings. The van der Waals surface area contributed by atoms with E-state index in [2.05, 4.69) is 26.0 Å². The third-order valence-electron chi connectivity index (χ3n) is 5.10. The van der Waals surface area contributed by atoms with Crippen molar-refractivity contribution in [2.75, 3.05) is 21.3 Å². The van der Waals surface area contributed by atoms with Gasteiger partial charge in [0.2, 0.25) is 0 Å². The number of ketones is 1. The highest BCUT2D eigenvalue weighted by atomic mass is 79.9. The van der Waals surface area contributed by atoms with Gasteiger partial charge in [-0.3, -0.25) is 4.79 Å². The summed E-state index contributed by atoms with van der Waals surface area (Å²) in [5.41, 5.74) is 3.78. The quantitative estimate of drug-likeness (QED) is 0.301. The Kier molecular flexibility index (Phi) is 6.62. The van der Waals surface area contributed by atoms with Crippen molar-refractivity contribution in [2.45, 2.75) is 13.0 Å². The lowest BCUT2D eigenvalue weighted by Gasteiger charge is -2.13. The molecule has 2 aromatic carbocycles. The van der Waals surface area contributed by atoms with Gasteiger partial charge in [0.25, 0.3) is 11.7 Å². The lowest BCUT2D eigenvalue weighted by molar-refractivity contribution is 0.0569. The first-order chi connectivity index (χ1) is 15.9. The Hall–Kier alpha value is -3.43. The van der Waals surface area contributed by atoms with Gasteiger partial charge >= 0.3 is 0 Å². The van der Waals surface area contributed by atoms with Crippen molar-refractivity contribution in [3.63, 3.8) is 0 Å². The Morgan fingerprint density at radius 1 is 1.09 bits per heavy atom. The van der Waals surface area contributed by atoms with Crippen molar-refractivity contribution >= 4 is 21.7 Å². The molecular formula is C24H22BrN3O5. The van der Waals surface area contributed by atoms with Crippen LogP contribution in [0.1, 0.15) is 27.9 Å². The number of halogens is 1. The maximum absolute atomic E-state index is 13.1. The lowest BCUT2D eigenvalue weighted by Crippen LogP contribution is -2.15. The second-order valence-corrected chi connectivity index (χ2v) is 8.06. The standard InChI is InChI=1S/C24H22BrN3O5/c1-14-11-26-28(12-14)17-7-5-15(6-8-17)23(32-4)22(29)24-27-18(13-33-24)16-9-19(30-2)21(25)20(10-16)31-3/h5-13,23H,1-4H3. The molecule has 0 spiro atoms. The molecular weight excluding hydrogens is 490 g/mol. The number of oxazole rings is 1. The molecule has 9 heteroatoms. The normalized spacial score (nSPS) is 11.9. The maximum Gasteiger partial charge on any atom is 0.266 e. The number of Topliss-reactive ketones (excluding diaryl/α,β-unsaturated/α-hetero) is 1. The smallest absolute Gasteiger partial charge is 0.266 e. The predicted molar refractivity (Wildman–Crippen MR) is 125 cm³/mol. The first-order valence-electron chi connectivity index (χ1n) is 10.0. The van der Waals surface area contributed by atoms with Crippen LogP contribution < -0.4 is 9.47 Å². The fraction of sp³-hybridized carbons (Fsp3) is 0.208. The SMILES string of the molecule is COc1cc(-c2coc(C(=O)C(OC)c3ccc(-n4cc(C)cn4)cc3)n2)cc(OC)c1Br. The molecule has 0 N–H and O–H groups in total. The summed E-state index contributed by atoms with van der Waals surface area (Å²) in [6.07, 6.45) is 4.27. The van der Waals surface area contributed by atoms with Gasteiger partial charge in [-0.1, -0.05) is 12.1 Å². The topological polar surface area (TPSA) is 88.6 Å². The fourth-order valence-corrected chi connectivity index (χ4v) is 3.95. The molecule has 0 bridgehead atoms. The van der Waals surface area contributed by atoms with Gasteiger partial charge in [0.15, 0.2) is 6.10 Å². The average molecular weight is 512 g/mol. The van der Waals surface area contributed by atoms with Gasteiger partial charge in [-0.2, -0.15) is 5.10 Å². The van der Waals surface area contributed by atoms with Gasteiger partial charge in [0.05, 0.1) is 26.1 Å². The monoisotopic (exact) mass is 511 g/mol. The minimum Gasteiger partial charge on any atom is -0.495 e. The number of ether oxygens (including phenoxy) is 3. The first-order valence-corrected chi connectivity index (χ1v) is 10.8. The molecule has 0 radical (unpaired) electrons. The average Bonchev–Trinajstić information content (AvgIpc) is 3.50. The highest BCUT2D eigenvalue weighted by Crippen LogP contribution is 2.39. The van der Waals surface area contributed by atoms with Crippen molar-refractivity contribution in [1.29, 1.82) is 0 Å². The van der Waals surface area contributed by atoms with Gasteiger partial charge < -0.3 is 18.6 Å². The molecule has 4 rings (SSSR count). The third kappa shape index (κ3) is 4.55. The zero-order valence-electron chi connectivity index (χ0n) is 18.5. The van der Waals surface area contributed by atoms with Crippen LogP contribution in [-0.4, -0.2) is 41.9 Å². The van der Waals surface area contributed by atoms with E-state index in [-0.39, 0.29) is 11.7 Å². The van der Waals surface area contributed by atoms with Crippen molar-refractivity contribution < 1.29 is 23.4 Å². The van der Waals surface area contributed by atoms with E-state index in [9.17, 15) is 4.79 Å². The fourth-order valence-electron chi connectivity index (χ4n) is 3.40. The molecule has 4 aromatic rings. The number of methoxy groups -OCH3 is 3. The van der Waals surface area contributed by atoms with Crippen LogP contribution in [-0.2, 0) is 4.74 Å². The second kappa shape index (κ2) is 9.60. The predicted octanol–water partition coefficient (Wildman–Crippen LogP) is 5.19. The molecule has 170 valence electrons. The first kappa shape index (κ1) is 22.8. The van der Waals surface area contributed by atoms with Crippen LogP contribution >= 0.6 is 15.9 Å². The second-order valence-electron chi connectivity index (χ2n) is 7.27. The summed E-state index contributed by atoms with van der Waals surface area (Å²) in [6, 6.07) is 11.0. The number of carbonyl (C=O) groups excluding carboxylic acids is 1. The number of hydrogen-bond donors (Lipinski definition) is 0. The van der Waals surface area contributed by atoms with Crippen LogP contribution in [0.3, 0.4) is 0 Å². The van der Waals surface area contributed by atoms with Crippen molar-refractivity contribution in [3.05, 3.63) is 76.5 Å². The molecule has 1 atom stereocenters. The van der Waals surface area contributed by atoms with Crippen LogP contribution in [0.5, 0.6) is 11.5 Å². The number of nitrogens with zero attached hydrogens (tertiary/aromatic N) is 3. The number of aryl methyl sites for hydroxylation is 1. The molecule has 1 unspecified atom stereocenters. The molecule has 2 aromatic heterocycles. The van der Waals surface area contributed by atoms with Gasteiger partial charge in [-0.25, -0.2) is 9.67 Å². The van der Waals surface area contributed by atoms with Crippen LogP contribution in [0.2, 0.25) is 0 Å². The summed E-state index contributed by atoms with van der Waals surface area (Å²) >= 11 is 3.44. The summed E-state index contributed by atoms with van der Waals surface area (Å²) in [5, 5.41) is 4.30. The van der Waals surface area contributed by atoms with Crippen molar-refractivity contribution in [3.8, 4) is 28.4 Å². The molecule has 8 nitrogen and oxygen atoms in total. The van der Waals surface area contributed by atoms with Crippen molar-refractivity contribution in [1.82, 2.24) is 14.8 Å². The van der Waals surface area contributed by atoms with E-state index in [0.717, 1.165) is 11.3 Å². The Balaban J connectivity index is 1.59. The summed E-state index contributed by atoms with van der Waals surface area (Å²) < 4.78 is 24.2. The van der Waals surface area contributed by atoms with E-state index < -0.39 is 6.10 Å². The molecule has 0 aliphatic carbocycles. The largest absolute Gasteiger partial charge is 0.495 e. The Morgan fingerprint density at radius 3 is 2.30 bits per heavy atom. The van der Waals surface area contributed by atoms with Gasteiger partial charge in [0.1, 0.15) is 27.9 Å². The number of rotatable bonds is 8. The minimum atomic E-state index is -0.862. The molecule has 2 heterocycles. The van der Waals surface area contributed by atoms with E-state index in [0.29, 0.717) is 32.8 Å². The van der Waals surface area contributed by atoms with Crippen LogP contribution in [0.15, 0.2) is 63.9 Å². The molecule has 0 amide bonds. The number of hydrogen-bond acceptors (Lipinski definition) is 7. The molecule has 33 heavy (non-hydrogen) atoms. The zero-order chi connectivity index (χ0) is 23.5. The summed E-state index contributed by atoms with van der Waals surface area (Å²) in [6.45, 7) is 1.97. The highest BCUT2D eigenvalue weighted by molar-refractivity contribution is 9.10. The molecule has 0 aliphatic heterocycles. The van der Waals surface area contributed by atoms with Gasteiger partial charge in [-0.15, -0.1) is 0 Å². The molecule has 0 saturated carbocycles. The summed E-state index contributed by atoms with van der Waals surface area (Å²) in [5.74, 6) is 0.705. The highest BCUT2D eigenvalue weighted by Gasteiger charge is 2.27. The lowest BCUT2D eigenvalue weighted by atomic mass is 10.0. The van der Waals surface area contributed by atoms with E-state index in [4.69, 9.17) is 18.6 Å². The maximum atomic E-state index is 13.1. The van der Waals surface area contributed by atoms with Gasteiger partial charge in [-0.05, 0) is 58.2 Å². The van der Waals surface area contributed by atoms with E-state index >= 15 is 0 Å². The van der Waals surface area contributed by atoms with Crippen LogP contribution in [0.25, 0.3) is 16.9 Å². The van der Waals surface area contributed by atoms with E-state index in [1.54, 1.807) is 37.2 Å². The van der Waals surface area contributed by atoms with Crippen molar-refractivity contribution in [2.24, 2.45) is 0 Å². The molecule has 0 fully saturated rings. The van der Waals surface area contributed by atoms with E-state index in [1.807, 2.05) is 37.4 Å². The Bertz CT molecular complexity index is 1250. The molecule has 0 saturated heterocycles. The zero-order valence-corrected chi connectivity index (χ0v) is 20.1.